The smallest absolute Gasteiger partial charge is 0.319 e. The van der Waals surface area contributed by atoms with Crippen LogP contribution in [-0.2, 0) is 16.1 Å². The largest absolute Gasteiger partial charge is 0.471 e. The molecule has 1 aromatic carbocycles. The molecular formula is C12H10F4N2O2. The minimum absolute atomic E-state index is 0.0285. The van der Waals surface area contributed by atoms with E-state index in [1.807, 2.05) is 0 Å². The third kappa shape index (κ3) is 3.06. The van der Waals surface area contributed by atoms with Gasteiger partial charge in [0.2, 0.25) is 5.91 Å². The number of carbonyl (C=O) groups excluding carboxylic acids is 2. The minimum atomic E-state index is -4.99. The van der Waals surface area contributed by atoms with Gasteiger partial charge in [-0.15, -0.1) is 0 Å². The summed E-state index contributed by atoms with van der Waals surface area (Å²) in [4.78, 5) is 24.1. The first-order valence-electron chi connectivity index (χ1n) is 5.65. The average molecular weight is 290 g/mol. The van der Waals surface area contributed by atoms with Crippen molar-refractivity contribution < 1.29 is 27.2 Å². The summed E-state index contributed by atoms with van der Waals surface area (Å²) in [5.41, 5.74) is 0.570. The average Bonchev–Trinajstić information content (AvgIpc) is 2.71. The van der Waals surface area contributed by atoms with Crippen molar-refractivity contribution in [3.8, 4) is 0 Å². The highest BCUT2D eigenvalue weighted by atomic mass is 19.4. The van der Waals surface area contributed by atoms with Crippen LogP contribution in [0.2, 0.25) is 0 Å². The SMILES string of the molecule is O=C1CN(C(=O)C(F)(F)F)CN1Cc1ccc(F)cc1. The molecule has 108 valence electrons. The molecule has 1 heterocycles. The van der Waals surface area contributed by atoms with Crippen LogP contribution < -0.4 is 0 Å². The Morgan fingerprint density at radius 1 is 1.20 bits per heavy atom. The molecule has 0 N–H and O–H groups in total. The summed E-state index contributed by atoms with van der Waals surface area (Å²) < 4.78 is 49.5. The molecule has 0 aromatic heterocycles. The Morgan fingerprint density at radius 2 is 1.80 bits per heavy atom. The van der Waals surface area contributed by atoms with E-state index in [4.69, 9.17) is 0 Å². The standard InChI is InChI=1S/C12H10F4N2O2/c13-9-3-1-8(2-4-9)5-17-7-18(6-10(17)19)11(20)12(14,15)16/h1-4H,5-7H2. The molecule has 0 bridgehead atoms. The Balaban J connectivity index is 2.03. The lowest BCUT2D eigenvalue weighted by Crippen LogP contribution is -2.40. The van der Waals surface area contributed by atoms with E-state index in [0.29, 0.717) is 10.5 Å². The number of hydrogen-bond acceptors (Lipinski definition) is 2. The first-order chi connectivity index (χ1) is 9.27. The molecule has 20 heavy (non-hydrogen) atoms. The monoisotopic (exact) mass is 290 g/mol. The van der Waals surface area contributed by atoms with Gasteiger partial charge in [0.05, 0.1) is 6.67 Å². The first kappa shape index (κ1) is 14.3. The molecule has 1 saturated heterocycles. The molecule has 8 heteroatoms. The van der Waals surface area contributed by atoms with E-state index in [1.54, 1.807) is 0 Å². The van der Waals surface area contributed by atoms with Gasteiger partial charge in [-0.2, -0.15) is 13.2 Å². The second kappa shape index (κ2) is 5.10. The van der Waals surface area contributed by atoms with Crippen molar-refractivity contribution in [3.63, 3.8) is 0 Å². The van der Waals surface area contributed by atoms with Crippen molar-refractivity contribution in [1.82, 2.24) is 9.80 Å². The van der Waals surface area contributed by atoms with Crippen molar-refractivity contribution in [3.05, 3.63) is 35.6 Å². The molecular weight excluding hydrogens is 280 g/mol. The summed E-state index contributed by atoms with van der Waals surface area (Å²) in [5, 5.41) is 0. The predicted octanol–water partition coefficient (Wildman–Crippen LogP) is 1.52. The van der Waals surface area contributed by atoms with Crippen LogP contribution in [0.4, 0.5) is 17.6 Å². The molecule has 1 fully saturated rings. The first-order valence-corrected chi connectivity index (χ1v) is 5.65. The fourth-order valence-corrected chi connectivity index (χ4v) is 1.86. The molecule has 1 aliphatic heterocycles. The summed E-state index contributed by atoms with van der Waals surface area (Å²) in [6.45, 7) is -0.991. The van der Waals surface area contributed by atoms with Crippen LogP contribution >= 0.6 is 0 Å². The zero-order valence-corrected chi connectivity index (χ0v) is 10.2. The van der Waals surface area contributed by atoms with E-state index in [1.165, 1.54) is 24.3 Å². The topological polar surface area (TPSA) is 40.6 Å². The molecule has 2 amide bonds. The number of nitrogens with zero attached hydrogens (tertiary/aromatic N) is 2. The molecule has 1 aliphatic rings. The van der Waals surface area contributed by atoms with Crippen molar-refractivity contribution in [2.75, 3.05) is 13.2 Å². The zero-order chi connectivity index (χ0) is 14.9. The van der Waals surface area contributed by atoms with Gasteiger partial charge in [-0.1, -0.05) is 12.1 Å². The van der Waals surface area contributed by atoms with Crippen molar-refractivity contribution in [2.45, 2.75) is 12.7 Å². The van der Waals surface area contributed by atoms with Crippen LogP contribution in [0, 0.1) is 5.82 Å². The van der Waals surface area contributed by atoms with Gasteiger partial charge in [0.1, 0.15) is 12.4 Å². The number of carbonyl (C=O) groups is 2. The Morgan fingerprint density at radius 3 is 2.35 bits per heavy atom. The highest BCUT2D eigenvalue weighted by Gasteiger charge is 2.46. The normalized spacial score (nSPS) is 15.9. The van der Waals surface area contributed by atoms with Gasteiger partial charge in [0.25, 0.3) is 0 Å². The lowest BCUT2D eigenvalue weighted by Gasteiger charge is -2.19. The Kier molecular flexibility index (Phi) is 3.65. The van der Waals surface area contributed by atoms with Crippen LogP contribution in [0.25, 0.3) is 0 Å². The van der Waals surface area contributed by atoms with Crippen molar-refractivity contribution in [1.29, 1.82) is 0 Å². The van der Waals surface area contributed by atoms with Gasteiger partial charge >= 0.3 is 12.1 Å². The van der Waals surface area contributed by atoms with Crippen LogP contribution in [0.1, 0.15) is 5.56 Å². The number of alkyl halides is 3. The van der Waals surface area contributed by atoms with E-state index in [9.17, 15) is 27.2 Å². The van der Waals surface area contributed by atoms with Crippen LogP contribution in [0.3, 0.4) is 0 Å². The number of hydrogen-bond donors (Lipinski definition) is 0. The van der Waals surface area contributed by atoms with Gasteiger partial charge in [-0.25, -0.2) is 4.39 Å². The van der Waals surface area contributed by atoms with Gasteiger partial charge < -0.3 is 9.80 Å². The Bertz CT molecular complexity index is 527. The Labute approximate surface area is 111 Å². The number of amides is 2. The van der Waals surface area contributed by atoms with Crippen LogP contribution in [0.5, 0.6) is 0 Å². The van der Waals surface area contributed by atoms with Crippen molar-refractivity contribution in [2.24, 2.45) is 0 Å². The second-order valence-corrected chi connectivity index (χ2v) is 4.36. The van der Waals surface area contributed by atoms with E-state index in [2.05, 4.69) is 0 Å². The van der Waals surface area contributed by atoms with Gasteiger partial charge in [0.15, 0.2) is 0 Å². The molecule has 0 spiro atoms. The molecule has 1 aromatic rings. The maximum absolute atomic E-state index is 12.7. The number of benzene rings is 1. The fraction of sp³-hybridized carbons (Fsp3) is 0.333. The quantitative estimate of drug-likeness (QED) is 0.775. The molecule has 4 nitrogen and oxygen atoms in total. The van der Waals surface area contributed by atoms with E-state index >= 15 is 0 Å². The van der Waals surface area contributed by atoms with Gasteiger partial charge in [0, 0.05) is 6.54 Å². The van der Waals surface area contributed by atoms with Gasteiger partial charge in [-0.05, 0) is 17.7 Å². The zero-order valence-electron chi connectivity index (χ0n) is 10.2. The lowest BCUT2D eigenvalue weighted by atomic mass is 10.2. The maximum Gasteiger partial charge on any atom is 0.471 e. The second-order valence-electron chi connectivity index (χ2n) is 4.36. The van der Waals surface area contributed by atoms with Crippen LogP contribution in [-0.4, -0.2) is 41.0 Å². The van der Waals surface area contributed by atoms with Crippen LogP contribution in [0.15, 0.2) is 24.3 Å². The molecule has 0 radical (unpaired) electrons. The predicted molar refractivity (Wildman–Crippen MR) is 59.6 cm³/mol. The van der Waals surface area contributed by atoms with Crippen molar-refractivity contribution >= 4 is 11.8 Å². The van der Waals surface area contributed by atoms with Gasteiger partial charge in [-0.3, -0.25) is 9.59 Å². The summed E-state index contributed by atoms with van der Waals surface area (Å²) in [6, 6.07) is 5.23. The molecule has 0 aliphatic carbocycles. The summed E-state index contributed by atoms with van der Waals surface area (Å²) in [7, 11) is 0. The van der Waals surface area contributed by atoms with E-state index in [0.717, 1.165) is 4.90 Å². The molecule has 0 saturated carbocycles. The fourth-order valence-electron chi connectivity index (χ4n) is 1.86. The Hall–Kier alpha value is -2.12. The third-order valence-electron chi connectivity index (χ3n) is 2.84. The number of halogens is 4. The highest BCUT2D eigenvalue weighted by Crippen LogP contribution is 2.21. The van der Waals surface area contributed by atoms with E-state index in [-0.39, 0.29) is 6.54 Å². The van der Waals surface area contributed by atoms with E-state index < -0.39 is 37.0 Å². The molecule has 0 unspecified atom stereocenters. The maximum atomic E-state index is 12.7. The lowest BCUT2D eigenvalue weighted by molar-refractivity contribution is -0.184. The number of rotatable bonds is 2. The molecule has 2 rings (SSSR count). The summed E-state index contributed by atoms with van der Waals surface area (Å²) in [5.74, 6) is -3.06. The highest BCUT2D eigenvalue weighted by molar-refractivity contribution is 5.90. The summed E-state index contributed by atoms with van der Waals surface area (Å²) in [6.07, 6.45) is -4.99. The summed E-state index contributed by atoms with van der Waals surface area (Å²) >= 11 is 0. The third-order valence-corrected chi connectivity index (χ3v) is 2.84. The minimum Gasteiger partial charge on any atom is -0.319 e. The molecule has 0 atom stereocenters.